The van der Waals surface area contributed by atoms with Crippen molar-refractivity contribution in [2.75, 3.05) is 31.7 Å². The van der Waals surface area contributed by atoms with Crippen molar-refractivity contribution in [1.82, 2.24) is 0 Å². The predicted octanol–water partition coefficient (Wildman–Crippen LogP) is 2.20. The van der Waals surface area contributed by atoms with Gasteiger partial charge in [0.05, 0.1) is 18.2 Å². The first kappa shape index (κ1) is 12.3. The third-order valence-corrected chi connectivity index (χ3v) is 2.26. The maximum Gasteiger partial charge on any atom is 0.0992 e. The quantitative estimate of drug-likeness (QED) is 0.684. The van der Waals surface area contributed by atoms with Gasteiger partial charge in [-0.25, -0.2) is 0 Å². The van der Waals surface area contributed by atoms with Crippen LogP contribution in [0.4, 0.5) is 5.69 Å². The average molecular weight is 216 g/mol. The number of anilines is 1. The van der Waals surface area contributed by atoms with Gasteiger partial charge >= 0.3 is 0 Å². The molecule has 0 bridgehead atoms. The van der Waals surface area contributed by atoms with Gasteiger partial charge in [0.15, 0.2) is 0 Å². The van der Waals surface area contributed by atoms with E-state index in [1.54, 1.807) is 13.2 Å². The molecule has 84 valence electrons. The second-order valence-electron chi connectivity index (χ2n) is 3.39. The van der Waals surface area contributed by atoms with E-state index in [4.69, 9.17) is 10.00 Å². The van der Waals surface area contributed by atoms with Crippen molar-refractivity contribution in [3.63, 3.8) is 0 Å². The van der Waals surface area contributed by atoms with E-state index in [-0.39, 0.29) is 0 Å². The predicted molar refractivity (Wildman–Crippen MR) is 65.4 cm³/mol. The van der Waals surface area contributed by atoms with E-state index in [1.165, 1.54) is 0 Å². The summed E-state index contributed by atoms with van der Waals surface area (Å²) in [5.41, 5.74) is 1.69. The van der Waals surface area contributed by atoms with Crippen LogP contribution >= 0.6 is 0 Å². The SMILES string of the molecule is C=CCN(CCOC)c1cccc(C#N)c1. The van der Waals surface area contributed by atoms with Crippen LogP contribution in [0.25, 0.3) is 0 Å². The molecule has 0 amide bonds. The number of rotatable bonds is 6. The smallest absolute Gasteiger partial charge is 0.0992 e. The molecule has 0 aromatic heterocycles. The van der Waals surface area contributed by atoms with E-state index in [0.29, 0.717) is 12.2 Å². The molecule has 0 aliphatic rings. The topological polar surface area (TPSA) is 36.3 Å². The fourth-order valence-corrected chi connectivity index (χ4v) is 1.46. The minimum absolute atomic E-state index is 0.657. The molecule has 0 heterocycles. The number of nitriles is 1. The molecule has 0 unspecified atom stereocenters. The molecule has 1 aromatic rings. The number of hydrogen-bond acceptors (Lipinski definition) is 3. The van der Waals surface area contributed by atoms with E-state index in [0.717, 1.165) is 18.8 Å². The van der Waals surface area contributed by atoms with E-state index in [9.17, 15) is 0 Å². The summed E-state index contributed by atoms with van der Waals surface area (Å²) in [6.07, 6.45) is 1.84. The zero-order valence-electron chi connectivity index (χ0n) is 9.52. The van der Waals surface area contributed by atoms with Crippen molar-refractivity contribution in [3.05, 3.63) is 42.5 Å². The van der Waals surface area contributed by atoms with Gasteiger partial charge in [-0.1, -0.05) is 12.1 Å². The number of hydrogen-bond donors (Lipinski definition) is 0. The van der Waals surface area contributed by atoms with Crippen molar-refractivity contribution in [2.45, 2.75) is 0 Å². The van der Waals surface area contributed by atoms with Crippen molar-refractivity contribution < 1.29 is 4.74 Å². The lowest BCUT2D eigenvalue weighted by atomic mass is 10.2. The Bertz CT molecular complexity index is 382. The van der Waals surface area contributed by atoms with Gasteiger partial charge in [0.1, 0.15) is 0 Å². The van der Waals surface area contributed by atoms with Gasteiger partial charge in [-0.05, 0) is 18.2 Å². The molecular formula is C13H16N2O. The standard InChI is InChI=1S/C13H16N2O/c1-3-7-15(8-9-16-2)13-6-4-5-12(10-13)11-14/h3-6,10H,1,7-9H2,2H3. The maximum absolute atomic E-state index is 8.84. The van der Waals surface area contributed by atoms with E-state index < -0.39 is 0 Å². The van der Waals surface area contributed by atoms with Crippen LogP contribution in [-0.4, -0.2) is 26.8 Å². The monoisotopic (exact) mass is 216 g/mol. The molecule has 0 N–H and O–H groups in total. The lowest BCUT2D eigenvalue weighted by molar-refractivity contribution is 0.206. The van der Waals surface area contributed by atoms with Crippen molar-refractivity contribution in [2.24, 2.45) is 0 Å². The Labute approximate surface area is 96.6 Å². The third kappa shape index (κ3) is 3.41. The number of methoxy groups -OCH3 is 1. The Balaban J connectivity index is 2.82. The highest BCUT2D eigenvalue weighted by Crippen LogP contribution is 2.15. The van der Waals surface area contributed by atoms with Gasteiger partial charge in [-0.3, -0.25) is 0 Å². The zero-order valence-corrected chi connectivity index (χ0v) is 9.52. The summed E-state index contributed by atoms with van der Waals surface area (Å²) in [6.45, 7) is 5.92. The second-order valence-corrected chi connectivity index (χ2v) is 3.39. The molecule has 0 spiro atoms. The molecule has 0 aliphatic carbocycles. The summed E-state index contributed by atoms with van der Waals surface area (Å²) in [7, 11) is 1.68. The number of ether oxygens (including phenoxy) is 1. The van der Waals surface area contributed by atoms with Crippen LogP contribution in [-0.2, 0) is 4.74 Å². The molecule has 0 radical (unpaired) electrons. The summed E-state index contributed by atoms with van der Waals surface area (Å²) < 4.78 is 5.06. The number of nitrogens with zero attached hydrogens (tertiary/aromatic N) is 2. The van der Waals surface area contributed by atoms with Gasteiger partial charge < -0.3 is 9.64 Å². The number of benzene rings is 1. The van der Waals surface area contributed by atoms with Crippen molar-refractivity contribution in [1.29, 1.82) is 5.26 Å². The molecule has 3 heteroatoms. The molecule has 0 saturated heterocycles. The van der Waals surface area contributed by atoms with E-state index >= 15 is 0 Å². The largest absolute Gasteiger partial charge is 0.383 e. The molecule has 0 fully saturated rings. The highest BCUT2D eigenvalue weighted by molar-refractivity contribution is 5.51. The van der Waals surface area contributed by atoms with Crippen LogP contribution < -0.4 is 4.90 Å². The average Bonchev–Trinajstić information content (AvgIpc) is 2.34. The summed E-state index contributed by atoms with van der Waals surface area (Å²) in [5.74, 6) is 0. The summed E-state index contributed by atoms with van der Waals surface area (Å²) >= 11 is 0. The van der Waals surface area contributed by atoms with Crippen molar-refractivity contribution in [3.8, 4) is 6.07 Å². The Morgan fingerprint density at radius 1 is 1.56 bits per heavy atom. The lowest BCUT2D eigenvalue weighted by Gasteiger charge is -2.23. The van der Waals surface area contributed by atoms with Gasteiger partial charge in [0.2, 0.25) is 0 Å². The lowest BCUT2D eigenvalue weighted by Crippen LogP contribution is -2.27. The zero-order chi connectivity index (χ0) is 11.8. The Morgan fingerprint density at radius 3 is 3.00 bits per heavy atom. The Morgan fingerprint density at radius 2 is 2.38 bits per heavy atom. The molecule has 0 saturated carbocycles. The fraction of sp³-hybridized carbons (Fsp3) is 0.308. The summed E-state index contributed by atoms with van der Waals surface area (Å²) in [6, 6.07) is 9.68. The minimum atomic E-state index is 0.657. The highest BCUT2D eigenvalue weighted by Gasteiger charge is 2.04. The Kier molecular flexibility index (Phi) is 5.10. The normalized spacial score (nSPS) is 9.50. The van der Waals surface area contributed by atoms with Gasteiger partial charge in [0, 0.05) is 25.9 Å². The first-order valence-corrected chi connectivity index (χ1v) is 5.16. The first-order valence-electron chi connectivity index (χ1n) is 5.16. The second kappa shape index (κ2) is 6.65. The van der Waals surface area contributed by atoms with E-state index in [1.807, 2.05) is 24.3 Å². The summed E-state index contributed by atoms with van der Waals surface area (Å²) in [4.78, 5) is 2.12. The van der Waals surface area contributed by atoms with Crippen LogP contribution in [0.2, 0.25) is 0 Å². The molecule has 1 rings (SSSR count). The van der Waals surface area contributed by atoms with Gasteiger partial charge in [-0.2, -0.15) is 5.26 Å². The van der Waals surface area contributed by atoms with Crippen LogP contribution in [0.1, 0.15) is 5.56 Å². The maximum atomic E-state index is 8.84. The molecular weight excluding hydrogens is 200 g/mol. The summed E-state index contributed by atoms with van der Waals surface area (Å²) in [5, 5.41) is 8.84. The minimum Gasteiger partial charge on any atom is -0.383 e. The van der Waals surface area contributed by atoms with Crippen LogP contribution in [0.15, 0.2) is 36.9 Å². The molecule has 1 aromatic carbocycles. The highest BCUT2D eigenvalue weighted by atomic mass is 16.5. The fourth-order valence-electron chi connectivity index (χ4n) is 1.46. The van der Waals surface area contributed by atoms with Crippen LogP contribution in [0.5, 0.6) is 0 Å². The van der Waals surface area contributed by atoms with Crippen LogP contribution in [0.3, 0.4) is 0 Å². The molecule has 3 nitrogen and oxygen atoms in total. The van der Waals surface area contributed by atoms with E-state index in [2.05, 4.69) is 17.5 Å². The molecule has 0 atom stereocenters. The van der Waals surface area contributed by atoms with Gasteiger partial charge in [0.25, 0.3) is 0 Å². The Hall–Kier alpha value is -1.79. The first-order chi connectivity index (χ1) is 7.81. The van der Waals surface area contributed by atoms with Crippen LogP contribution in [0, 0.1) is 11.3 Å². The molecule has 0 aliphatic heterocycles. The molecule has 16 heavy (non-hydrogen) atoms. The van der Waals surface area contributed by atoms with Gasteiger partial charge in [-0.15, -0.1) is 6.58 Å². The third-order valence-electron chi connectivity index (χ3n) is 2.26. The van der Waals surface area contributed by atoms with Crippen molar-refractivity contribution >= 4 is 5.69 Å².